The zero-order chi connectivity index (χ0) is 41.5. The number of phosphoric acid groups is 4. The lowest BCUT2D eigenvalue weighted by atomic mass is 10.1. The molecule has 4 aromatic heterocycles. The molecule has 0 radical (unpaired) electrons. The van der Waals surface area contributed by atoms with Crippen molar-refractivity contribution in [3.8, 4) is 0 Å². The fourth-order valence-corrected chi connectivity index (χ4v) is 10.4. The van der Waals surface area contributed by atoms with Crippen LogP contribution in [0.1, 0.15) is 12.5 Å². The van der Waals surface area contributed by atoms with Gasteiger partial charge in [-0.15, -0.1) is 0 Å². The highest BCUT2D eigenvalue weighted by molar-refractivity contribution is 7.69. The van der Waals surface area contributed by atoms with Gasteiger partial charge in [-0.3, -0.25) is 18.2 Å². The third kappa shape index (κ3) is 9.53. The molecule has 10 N–H and O–H groups in total. The van der Waals surface area contributed by atoms with Crippen molar-refractivity contribution in [2.45, 2.75) is 49.1 Å². The molecular formula is C24H32N10O19P4. The number of fused-ring (bicyclic) bond motifs is 2. The fraction of sp³-hybridized carbons (Fsp3) is 0.417. The summed E-state index contributed by atoms with van der Waals surface area (Å²) in [7, 11) is -24.0. The normalized spacial score (nSPS) is 29.3. The molecule has 6 heterocycles. The van der Waals surface area contributed by atoms with Crippen LogP contribution in [-0.4, -0.2) is 129 Å². The van der Waals surface area contributed by atoms with E-state index in [1.165, 1.54) is 34.2 Å². The van der Waals surface area contributed by atoms with Crippen molar-refractivity contribution in [2.24, 2.45) is 0 Å². The van der Waals surface area contributed by atoms with Crippen LogP contribution in [0.15, 0.2) is 50.9 Å². The minimum Gasteiger partial charge on any atom is -0.387 e. The van der Waals surface area contributed by atoms with Crippen molar-refractivity contribution in [1.29, 1.82) is 0 Å². The van der Waals surface area contributed by atoms with E-state index < -0.39 is 93.6 Å². The average Bonchev–Trinajstić information content (AvgIpc) is 3.87. The maximum Gasteiger partial charge on any atom is 0.490 e. The Morgan fingerprint density at radius 2 is 0.982 bits per heavy atom. The first-order valence-corrected chi connectivity index (χ1v) is 21.6. The first kappa shape index (κ1) is 43.1. The average molecular weight is 888 g/mol. The zero-order valence-electron chi connectivity index (χ0n) is 28.3. The van der Waals surface area contributed by atoms with Gasteiger partial charge in [0.25, 0.3) is 0 Å². The van der Waals surface area contributed by atoms with Gasteiger partial charge in [0, 0.05) is 0 Å². The first-order valence-electron chi connectivity index (χ1n) is 15.6. The number of ether oxygens (including phenoxy) is 2. The highest BCUT2D eigenvalue weighted by atomic mass is 31.3. The van der Waals surface area contributed by atoms with E-state index in [-0.39, 0.29) is 34.0 Å². The number of hydrogen-bond donors (Lipinski definition) is 10. The van der Waals surface area contributed by atoms with Crippen LogP contribution in [0.3, 0.4) is 0 Å². The fourth-order valence-electron chi connectivity index (χ4n) is 5.48. The molecular weight excluding hydrogens is 856 g/mol. The standard InChI is InChI=1S/C24H32N10O19P4/c1-3-25-19-13-21(29-7-27-19)33(9-31-13)23-17(37)15(35)11(49-23)5-47-54(39,40)51-56(43,44)53-57(45,46)52-55(41,42)48-6-12-16(36)18(38)24(50-12)34-10-32-14-20(26-4-2)28-8-30-22(14)34/h3-4,7-12,15-18,23-24,35-38H,1-2,5-6H2,(H,39,40)(H,41,42)(H,43,44)(H,45,46)(H,25,27,29)(H,26,28,30)/t11-,12-,15-,16-,17-,18-,23+,24+/m1/s1. The molecule has 57 heavy (non-hydrogen) atoms. The van der Waals surface area contributed by atoms with Gasteiger partial charge in [-0.1, -0.05) is 13.2 Å². The highest BCUT2D eigenvalue weighted by Gasteiger charge is 2.50. The van der Waals surface area contributed by atoms with Crippen molar-refractivity contribution < 1.29 is 89.7 Å². The number of anilines is 2. The Balaban J connectivity index is 1.02. The van der Waals surface area contributed by atoms with E-state index in [4.69, 9.17) is 9.47 Å². The molecule has 4 unspecified atom stereocenters. The molecule has 2 aliphatic heterocycles. The van der Waals surface area contributed by atoms with Crippen molar-refractivity contribution >= 4 is 65.3 Å². The Morgan fingerprint density at radius 3 is 1.35 bits per heavy atom. The van der Waals surface area contributed by atoms with Gasteiger partial charge in [-0.2, -0.15) is 12.9 Å². The number of hydrogen-bond acceptors (Lipinski definition) is 23. The van der Waals surface area contributed by atoms with Gasteiger partial charge in [0.15, 0.2) is 46.4 Å². The molecule has 0 bridgehead atoms. The third-order valence-electron chi connectivity index (χ3n) is 7.84. The van der Waals surface area contributed by atoms with Gasteiger partial charge in [-0.05, 0) is 12.4 Å². The SMILES string of the molecule is C=CNc1ncnc2c1ncn2[C@H]1O[C@H](COP(=O)(O)OP(=O)(O)OP(=O)(O)OP(=O)(O)OC[C@H]2O[C@H](n3cnc4c(NC=C)ncnc43)[C@H](O)[C@@H]2O)[C@@H](O)[C@H]1O. The minimum atomic E-state index is -6.21. The van der Waals surface area contributed by atoms with Crippen LogP contribution in [0.5, 0.6) is 0 Å². The van der Waals surface area contributed by atoms with Gasteiger partial charge in [-0.25, -0.2) is 48.2 Å². The second-order valence-corrected chi connectivity index (χ2v) is 17.8. The molecule has 0 spiro atoms. The molecule has 4 aromatic rings. The first-order chi connectivity index (χ1) is 26.8. The lowest BCUT2D eigenvalue weighted by Gasteiger charge is -2.21. The predicted octanol–water partition coefficient (Wildman–Crippen LogP) is -0.500. The Labute approximate surface area is 317 Å². The molecule has 2 fully saturated rings. The van der Waals surface area contributed by atoms with E-state index in [0.29, 0.717) is 0 Å². The lowest BCUT2D eigenvalue weighted by Crippen LogP contribution is -2.33. The Bertz CT molecular complexity index is 2180. The van der Waals surface area contributed by atoms with Crippen LogP contribution in [0.25, 0.3) is 22.3 Å². The Morgan fingerprint density at radius 1 is 0.614 bits per heavy atom. The smallest absolute Gasteiger partial charge is 0.387 e. The van der Waals surface area contributed by atoms with Gasteiger partial charge in [0.1, 0.15) is 49.3 Å². The quantitative estimate of drug-likeness (QED) is 0.0563. The molecule has 312 valence electrons. The Hall–Kier alpha value is -3.50. The summed E-state index contributed by atoms with van der Waals surface area (Å²) in [6.45, 7) is 4.82. The zero-order valence-corrected chi connectivity index (χ0v) is 31.9. The number of aliphatic hydroxyl groups is 4. The van der Waals surface area contributed by atoms with Gasteiger partial charge in [0.2, 0.25) is 0 Å². The van der Waals surface area contributed by atoms with Crippen molar-refractivity contribution in [1.82, 2.24) is 39.0 Å². The van der Waals surface area contributed by atoms with Crippen LogP contribution in [0, 0.1) is 0 Å². The molecule has 0 saturated carbocycles. The van der Waals surface area contributed by atoms with Crippen LogP contribution >= 0.6 is 31.3 Å². The summed E-state index contributed by atoms with van der Waals surface area (Å²) >= 11 is 0. The summed E-state index contributed by atoms with van der Waals surface area (Å²) in [5.41, 5.74) is 0.677. The topological polar surface area (TPSA) is 406 Å². The van der Waals surface area contributed by atoms with E-state index in [1.807, 2.05) is 0 Å². The van der Waals surface area contributed by atoms with Gasteiger partial charge >= 0.3 is 31.3 Å². The summed E-state index contributed by atoms with van der Waals surface area (Å²) in [5, 5.41) is 47.7. The lowest BCUT2D eigenvalue weighted by molar-refractivity contribution is -0.0505. The van der Waals surface area contributed by atoms with Gasteiger partial charge < -0.3 is 60.1 Å². The number of nitrogens with one attached hydrogen (secondary N) is 2. The second kappa shape index (κ2) is 16.6. The molecule has 0 aromatic carbocycles. The van der Waals surface area contributed by atoms with E-state index in [1.54, 1.807) is 0 Å². The van der Waals surface area contributed by atoms with Gasteiger partial charge in [0.05, 0.1) is 25.9 Å². The van der Waals surface area contributed by atoms with E-state index >= 15 is 0 Å². The van der Waals surface area contributed by atoms with Crippen molar-refractivity contribution in [3.63, 3.8) is 0 Å². The molecule has 29 nitrogen and oxygen atoms in total. The molecule has 0 aliphatic carbocycles. The van der Waals surface area contributed by atoms with E-state index in [0.717, 1.165) is 12.7 Å². The number of phosphoric ester groups is 2. The van der Waals surface area contributed by atoms with Crippen LogP contribution < -0.4 is 10.6 Å². The van der Waals surface area contributed by atoms with E-state index in [2.05, 4.69) is 75.7 Å². The molecule has 33 heteroatoms. The molecule has 2 saturated heterocycles. The highest BCUT2D eigenvalue weighted by Crippen LogP contribution is 2.71. The van der Waals surface area contributed by atoms with Crippen molar-refractivity contribution in [2.75, 3.05) is 23.8 Å². The number of aromatic nitrogens is 8. The maximum absolute atomic E-state index is 12.5. The summed E-state index contributed by atoms with van der Waals surface area (Å²) in [6.07, 6.45) is -5.73. The number of rotatable bonds is 18. The molecule has 2 aliphatic rings. The van der Waals surface area contributed by atoms with E-state index in [9.17, 15) is 58.3 Å². The number of aliphatic hydroxyl groups excluding tert-OH is 4. The predicted molar refractivity (Wildman–Crippen MR) is 185 cm³/mol. The summed E-state index contributed by atoms with van der Waals surface area (Å²) < 4.78 is 84.2. The van der Waals surface area contributed by atoms with Crippen LogP contribution in [0.2, 0.25) is 0 Å². The summed E-state index contributed by atoms with van der Waals surface area (Å²) in [5.74, 6) is 0.481. The largest absolute Gasteiger partial charge is 0.490 e. The maximum atomic E-state index is 12.5. The second-order valence-electron chi connectivity index (χ2n) is 11.6. The minimum absolute atomic E-state index is 0.124. The summed E-state index contributed by atoms with van der Waals surface area (Å²) in [4.78, 5) is 64.2. The Kier molecular flexibility index (Phi) is 12.6. The molecule has 12 atom stereocenters. The number of imidazole rings is 2. The van der Waals surface area contributed by atoms with Crippen LogP contribution in [0.4, 0.5) is 11.6 Å². The molecule has 6 rings (SSSR count). The van der Waals surface area contributed by atoms with Crippen molar-refractivity contribution in [3.05, 3.63) is 50.9 Å². The molecule has 0 amide bonds. The summed E-state index contributed by atoms with van der Waals surface area (Å²) in [6, 6.07) is 0. The number of nitrogens with zero attached hydrogens (tertiary/aromatic N) is 8. The monoisotopic (exact) mass is 888 g/mol. The van der Waals surface area contributed by atoms with Crippen LogP contribution in [-0.2, 0) is 49.7 Å². The third-order valence-corrected chi connectivity index (χ3v) is 13.7.